The first-order valence-corrected chi connectivity index (χ1v) is 6.86. The number of aliphatic hydroxyl groups is 1. The van der Waals surface area contributed by atoms with Crippen LogP contribution in [0.3, 0.4) is 0 Å². The Morgan fingerprint density at radius 1 is 0.895 bits per heavy atom. The van der Waals surface area contributed by atoms with Crippen LogP contribution in [-0.2, 0) is 0 Å². The first-order chi connectivity index (χ1) is 9.26. The molecule has 0 saturated heterocycles. The van der Waals surface area contributed by atoms with Crippen LogP contribution in [0.4, 0.5) is 11.4 Å². The Kier molecular flexibility index (Phi) is 4.58. The minimum Gasteiger partial charge on any atom is -0.388 e. The minimum atomic E-state index is -0.360. The second-order valence-corrected chi connectivity index (χ2v) is 4.60. The van der Waals surface area contributed by atoms with Gasteiger partial charge in [-0.3, -0.25) is 0 Å². The van der Waals surface area contributed by atoms with Crippen LogP contribution in [0.5, 0.6) is 0 Å². The summed E-state index contributed by atoms with van der Waals surface area (Å²) in [7, 11) is 0. The van der Waals surface area contributed by atoms with Gasteiger partial charge in [0, 0.05) is 17.9 Å². The maximum absolute atomic E-state index is 9.82. The monoisotopic (exact) mass is 255 g/mol. The third-order valence-electron chi connectivity index (χ3n) is 3.36. The van der Waals surface area contributed by atoms with E-state index in [-0.39, 0.29) is 6.10 Å². The van der Waals surface area contributed by atoms with Crippen LogP contribution in [0.1, 0.15) is 31.9 Å². The number of para-hydroxylation sites is 1. The van der Waals surface area contributed by atoms with Gasteiger partial charge in [0.25, 0.3) is 0 Å². The Balaban J connectivity index is 2.25. The molecule has 0 aliphatic carbocycles. The zero-order valence-electron chi connectivity index (χ0n) is 11.6. The molecule has 0 heterocycles. The van der Waals surface area contributed by atoms with E-state index in [9.17, 15) is 5.11 Å². The molecule has 0 bridgehead atoms. The van der Waals surface area contributed by atoms with Gasteiger partial charge < -0.3 is 10.0 Å². The molecule has 2 aromatic rings. The molecule has 1 atom stereocenters. The lowest BCUT2D eigenvalue weighted by Crippen LogP contribution is -2.15. The summed E-state index contributed by atoms with van der Waals surface area (Å²) >= 11 is 0. The normalized spacial score (nSPS) is 12.2. The summed E-state index contributed by atoms with van der Waals surface area (Å²) in [6.45, 7) is 5.04. The van der Waals surface area contributed by atoms with E-state index in [1.54, 1.807) is 0 Å². The number of anilines is 2. The van der Waals surface area contributed by atoms with Gasteiger partial charge in [-0.1, -0.05) is 37.3 Å². The summed E-state index contributed by atoms with van der Waals surface area (Å²) in [6.07, 6.45) is 0.385. The molecule has 2 rings (SSSR count). The third kappa shape index (κ3) is 3.15. The number of aliphatic hydroxyl groups excluding tert-OH is 1. The van der Waals surface area contributed by atoms with Crippen LogP contribution in [0.2, 0.25) is 0 Å². The highest BCUT2D eigenvalue weighted by Gasteiger charge is 2.08. The fourth-order valence-corrected chi connectivity index (χ4v) is 2.23. The molecule has 0 amide bonds. The average Bonchev–Trinajstić information content (AvgIpc) is 2.49. The van der Waals surface area contributed by atoms with Crippen molar-refractivity contribution >= 4 is 11.4 Å². The van der Waals surface area contributed by atoms with E-state index in [4.69, 9.17) is 0 Å². The van der Waals surface area contributed by atoms with Crippen molar-refractivity contribution in [1.82, 2.24) is 0 Å². The zero-order valence-corrected chi connectivity index (χ0v) is 11.6. The van der Waals surface area contributed by atoms with Gasteiger partial charge in [-0.25, -0.2) is 0 Å². The van der Waals surface area contributed by atoms with E-state index in [0.29, 0.717) is 0 Å². The van der Waals surface area contributed by atoms with E-state index in [0.717, 1.165) is 24.2 Å². The highest BCUT2D eigenvalue weighted by molar-refractivity contribution is 5.63. The van der Waals surface area contributed by atoms with Crippen molar-refractivity contribution in [3.63, 3.8) is 0 Å². The van der Waals surface area contributed by atoms with Gasteiger partial charge in [0.1, 0.15) is 0 Å². The minimum absolute atomic E-state index is 0.360. The van der Waals surface area contributed by atoms with Gasteiger partial charge in [-0.05, 0) is 43.2 Å². The molecular weight excluding hydrogens is 234 g/mol. The topological polar surface area (TPSA) is 23.5 Å². The van der Waals surface area contributed by atoms with Gasteiger partial charge in [-0.15, -0.1) is 0 Å². The van der Waals surface area contributed by atoms with Crippen molar-refractivity contribution in [3.8, 4) is 0 Å². The van der Waals surface area contributed by atoms with Crippen molar-refractivity contribution in [2.24, 2.45) is 0 Å². The molecule has 0 radical (unpaired) electrons. The number of hydrogen-bond acceptors (Lipinski definition) is 2. The highest BCUT2D eigenvalue weighted by Crippen LogP contribution is 2.26. The summed E-state index contributed by atoms with van der Waals surface area (Å²) in [6, 6.07) is 18.5. The van der Waals surface area contributed by atoms with Crippen LogP contribution < -0.4 is 4.90 Å². The van der Waals surface area contributed by atoms with E-state index >= 15 is 0 Å². The quantitative estimate of drug-likeness (QED) is 0.861. The van der Waals surface area contributed by atoms with E-state index in [1.165, 1.54) is 5.69 Å². The lowest BCUT2D eigenvalue weighted by Gasteiger charge is -2.23. The predicted octanol–water partition coefficient (Wildman–Crippen LogP) is 4.29. The summed E-state index contributed by atoms with van der Waals surface area (Å²) < 4.78 is 0. The third-order valence-corrected chi connectivity index (χ3v) is 3.36. The van der Waals surface area contributed by atoms with Gasteiger partial charge in [0.15, 0.2) is 0 Å². The maximum Gasteiger partial charge on any atom is 0.0787 e. The first kappa shape index (κ1) is 13.6. The molecule has 100 valence electrons. The van der Waals surface area contributed by atoms with Crippen LogP contribution in [-0.4, -0.2) is 11.7 Å². The van der Waals surface area contributed by atoms with Crippen molar-refractivity contribution in [2.45, 2.75) is 26.4 Å². The van der Waals surface area contributed by atoms with Crippen LogP contribution in [0.25, 0.3) is 0 Å². The molecule has 0 fully saturated rings. The highest BCUT2D eigenvalue weighted by atomic mass is 16.3. The Hall–Kier alpha value is -1.80. The van der Waals surface area contributed by atoms with Crippen molar-refractivity contribution in [1.29, 1.82) is 0 Å². The summed E-state index contributed by atoms with van der Waals surface area (Å²) in [5, 5.41) is 9.82. The van der Waals surface area contributed by atoms with Gasteiger partial charge in [0.05, 0.1) is 6.10 Å². The SMILES string of the molecule is CCC(O)c1ccc(N(CC)c2ccccc2)cc1. The molecular formula is C17H21NO. The molecule has 19 heavy (non-hydrogen) atoms. The number of benzene rings is 2. The first-order valence-electron chi connectivity index (χ1n) is 6.86. The van der Waals surface area contributed by atoms with E-state index in [2.05, 4.69) is 36.1 Å². The molecule has 0 saturated carbocycles. The van der Waals surface area contributed by atoms with Crippen LogP contribution >= 0.6 is 0 Å². The summed E-state index contributed by atoms with van der Waals surface area (Å²) in [5.74, 6) is 0. The smallest absolute Gasteiger partial charge is 0.0787 e. The predicted molar refractivity (Wildman–Crippen MR) is 80.8 cm³/mol. The number of nitrogens with zero attached hydrogens (tertiary/aromatic N) is 1. The molecule has 2 aromatic carbocycles. The fourth-order valence-electron chi connectivity index (χ4n) is 2.23. The van der Waals surface area contributed by atoms with Crippen molar-refractivity contribution in [2.75, 3.05) is 11.4 Å². The van der Waals surface area contributed by atoms with Gasteiger partial charge >= 0.3 is 0 Å². The molecule has 0 spiro atoms. The Morgan fingerprint density at radius 2 is 1.47 bits per heavy atom. The maximum atomic E-state index is 9.82. The van der Waals surface area contributed by atoms with E-state index in [1.807, 2.05) is 37.3 Å². The number of rotatable bonds is 5. The molecule has 0 aromatic heterocycles. The Labute approximate surface area is 115 Å². The zero-order chi connectivity index (χ0) is 13.7. The summed E-state index contributed by atoms with van der Waals surface area (Å²) in [4.78, 5) is 2.25. The fraction of sp³-hybridized carbons (Fsp3) is 0.294. The second kappa shape index (κ2) is 6.39. The Bertz CT molecular complexity index is 492. The molecule has 2 heteroatoms. The molecule has 0 aliphatic rings. The largest absolute Gasteiger partial charge is 0.388 e. The van der Waals surface area contributed by atoms with Crippen molar-refractivity contribution < 1.29 is 5.11 Å². The standard InChI is InChI=1S/C17H21NO/c1-3-17(19)14-10-12-16(13-11-14)18(4-2)15-8-6-5-7-9-15/h5-13,17,19H,3-4H2,1-2H3. The molecule has 0 aliphatic heterocycles. The molecule has 2 nitrogen and oxygen atoms in total. The van der Waals surface area contributed by atoms with E-state index < -0.39 is 0 Å². The number of hydrogen-bond donors (Lipinski definition) is 1. The second-order valence-electron chi connectivity index (χ2n) is 4.60. The Morgan fingerprint density at radius 3 is 2.00 bits per heavy atom. The lowest BCUT2D eigenvalue weighted by molar-refractivity contribution is 0.173. The molecule has 1 N–H and O–H groups in total. The van der Waals surface area contributed by atoms with Gasteiger partial charge in [-0.2, -0.15) is 0 Å². The average molecular weight is 255 g/mol. The van der Waals surface area contributed by atoms with Crippen LogP contribution in [0, 0.1) is 0 Å². The van der Waals surface area contributed by atoms with Crippen molar-refractivity contribution in [3.05, 3.63) is 60.2 Å². The van der Waals surface area contributed by atoms with Crippen LogP contribution in [0.15, 0.2) is 54.6 Å². The van der Waals surface area contributed by atoms with Gasteiger partial charge in [0.2, 0.25) is 0 Å². The molecule has 1 unspecified atom stereocenters. The summed E-state index contributed by atoms with van der Waals surface area (Å²) in [5.41, 5.74) is 3.32. The lowest BCUT2D eigenvalue weighted by atomic mass is 10.1.